The Kier molecular flexibility index (Phi) is 3.79. The third-order valence-corrected chi connectivity index (χ3v) is 2.13. The van der Waals surface area contributed by atoms with Crippen LogP contribution in [-0.2, 0) is 15.9 Å². The highest BCUT2D eigenvalue weighted by Crippen LogP contribution is 2.34. The van der Waals surface area contributed by atoms with Crippen molar-refractivity contribution in [1.29, 1.82) is 0 Å². The Bertz CT molecular complexity index is 403. The van der Waals surface area contributed by atoms with Crippen molar-refractivity contribution in [2.45, 2.75) is 13.1 Å². The minimum atomic E-state index is -4.43. The Morgan fingerprint density at radius 1 is 1.38 bits per heavy atom. The van der Waals surface area contributed by atoms with E-state index in [9.17, 15) is 18.0 Å². The molecular weight excluding hydrogens is 293 g/mol. The summed E-state index contributed by atoms with van der Waals surface area (Å²) in [6.07, 6.45) is -4.43. The van der Waals surface area contributed by atoms with Gasteiger partial charge in [-0.25, -0.2) is 4.79 Å². The maximum absolute atomic E-state index is 12.3. The second kappa shape index (κ2) is 4.73. The van der Waals surface area contributed by atoms with E-state index < -0.39 is 17.7 Å². The predicted octanol–water partition coefficient (Wildman–Crippen LogP) is 3.32. The fourth-order valence-electron chi connectivity index (χ4n) is 0.848. The van der Waals surface area contributed by atoms with Crippen molar-refractivity contribution in [1.82, 2.24) is 0 Å². The number of rotatable bonds is 2. The number of hydrogen-bond donors (Lipinski definition) is 0. The average molecular weight is 299 g/mol. The third kappa shape index (κ3) is 3.41. The molecule has 7 heteroatoms. The summed E-state index contributed by atoms with van der Waals surface area (Å²) in [4.78, 5) is 19.1. The van der Waals surface area contributed by atoms with Gasteiger partial charge in [0, 0.05) is 6.92 Å². The minimum Gasteiger partial charge on any atom is -0.286 e. The van der Waals surface area contributed by atoms with Crippen molar-refractivity contribution < 1.29 is 27.7 Å². The zero-order chi connectivity index (χ0) is 12.3. The van der Waals surface area contributed by atoms with Crippen LogP contribution in [0.25, 0.3) is 0 Å². The number of benzene rings is 1. The van der Waals surface area contributed by atoms with Gasteiger partial charge in [0.2, 0.25) is 0 Å². The third-order valence-electron chi connectivity index (χ3n) is 1.51. The molecule has 3 nitrogen and oxygen atoms in total. The summed E-state index contributed by atoms with van der Waals surface area (Å²) in [5.41, 5.74) is -0.824. The van der Waals surface area contributed by atoms with E-state index in [4.69, 9.17) is 0 Å². The largest absolute Gasteiger partial charge is 0.416 e. The SMILES string of the molecule is CC(=O)OOc1ccc(C(F)(F)F)cc1Br. The fourth-order valence-corrected chi connectivity index (χ4v) is 1.29. The van der Waals surface area contributed by atoms with Gasteiger partial charge in [0.1, 0.15) is 0 Å². The molecule has 0 aliphatic heterocycles. The molecular formula is C9H6BrF3O3. The van der Waals surface area contributed by atoms with Gasteiger partial charge in [-0.2, -0.15) is 13.2 Å². The van der Waals surface area contributed by atoms with Crippen LogP contribution in [0.1, 0.15) is 12.5 Å². The zero-order valence-electron chi connectivity index (χ0n) is 7.97. The van der Waals surface area contributed by atoms with Gasteiger partial charge in [-0.1, -0.05) is 0 Å². The smallest absolute Gasteiger partial charge is 0.286 e. The van der Waals surface area contributed by atoms with E-state index in [2.05, 4.69) is 25.7 Å². The average Bonchev–Trinajstić information content (AvgIpc) is 2.14. The van der Waals surface area contributed by atoms with Gasteiger partial charge in [-0.15, -0.1) is 0 Å². The van der Waals surface area contributed by atoms with Gasteiger partial charge in [0.05, 0.1) is 10.0 Å². The molecule has 88 valence electrons. The molecule has 0 fully saturated rings. The normalized spacial score (nSPS) is 11.1. The zero-order valence-corrected chi connectivity index (χ0v) is 9.55. The highest BCUT2D eigenvalue weighted by Gasteiger charge is 2.31. The first-order chi connectivity index (χ1) is 7.30. The summed E-state index contributed by atoms with van der Waals surface area (Å²) in [6.45, 7) is 1.11. The molecule has 0 saturated carbocycles. The topological polar surface area (TPSA) is 35.5 Å². The molecule has 1 aromatic carbocycles. The van der Waals surface area contributed by atoms with Crippen molar-refractivity contribution in [2.24, 2.45) is 0 Å². The first-order valence-corrected chi connectivity index (χ1v) is 4.82. The predicted molar refractivity (Wildman–Crippen MR) is 51.5 cm³/mol. The molecule has 0 amide bonds. The van der Waals surface area contributed by atoms with E-state index in [1.165, 1.54) is 0 Å². The first-order valence-electron chi connectivity index (χ1n) is 4.02. The van der Waals surface area contributed by atoms with Crippen LogP contribution in [-0.4, -0.2) is 5.97 Å². The molecule has 0 radical (unpaired) electrons. The van der Waals surface area contributed by atoms with Crippen molar-refractivity contribution >= 4 is 21.9 Å². The van der Waals surface area contributed by atoms with Gasteiger partial charge >= 0.3 is 12.1 Å². The Balaban J connectivity index is 2.88. The molecule has 0 N–H and O–H groups in total. The summed E-state index contributed by atoms with van der Waals surface area (Å²) in [5.74, 6) is -0.713. The molecule has 0 saturated heterocycles. The van der Waals surface area contributed by atoms with Crippen LogP contribution in [0.2, 0.25) is 0 Å². The van der Waals surface area contributed by atoms with Crippen LogP contribution in [0, 0.1) is 0 Å². The van der Waals surface area contributed by atoms with E-state index >= 15 is 0 Å². The molecule has 0 bridgehead atoms. The molecule has 0 spiro atoms. The number of alkyl halides is 3. The van der Waals surface area contributed by atoms with Gasteiger partial charge in [-0.3, -0.25) is 9.78 Å². The van der Waals surface area contributed by atoms with E-state index in [-0.39, 0.29) is 10.2 Å². The van der Waals surface area contributed by atoms with Crippen LogP contribution < -0.4 is 4.89 Å². The lowest BCUT2D eigenvalue weighted by Gasteiger charge is -2.09. The second-order valence-corrected chi connectivity index (χ2v) is 3.66. The Labute approximate surface area is 97.2 Å². The van der Waals surface area contributed by atoms with Crippen LogP contribution in [0.4, 0.5) is 13.2 Å². The maximum Gasteiger partial charge on any atom is 0.416 e. The van der Waals surface area contributed by atoms with Gasteiger partial charge in [-0.05, 0) is 34.1 Å². The molecule has 0 aromatic heterocycles. The second-order valence-electron chi connectivity index (χ2n) is 2.80. The summed E-state index contributed by atoms with van der Waals surface area (Å²) in [7, 11) is 0. The molecule has 0 aliphatic rings. The monoisotopic (exact) mass is 298 g/mol. The highest BCUT2D eigenvalue weighted by atomic mass is 79.9. The summed E-state index contributed by atoms with van der Waals surface area (Å²) >= 11 is 2.87. The van der Waals surface area contributed by atoms with Gasteiger partial charge in [0.15, 0.2) is 5.75 Å². The number of carbonyl (C=O) groups excluding carboxylic acids is 1. The van der Waals surface area contributed by atoms with Crippen molar-refractivity contribution in [3.05, 3.63) is 28.2 Å². The van der Waals surface area contributed by atoms with Gasteiger partial charge in [0.25, 0.3) is 0 Å². The summed E-state index contributed by atoms with van der Waals surface area (Å²) < 4.78 is 36.8. The van der Waals surface area contributed by atoms with E-state index in [1.807, 2.05) is 0 Å². The number of halogens is 4. The fraction of sp³-hybridized carbons (Fsp3) is 0.222. The summed E-state index contributed by atoms with van der Waals surface area (Å²) in [6, 6.07) is 2.71. The van der Waals surface area contributed by atoms with Crippen LogP contribution in [0.3, 0.4) is 0 Å². The lowest BCUT2D eigenvalue weighted by molar-refractivity contribution is -0.211. The maximum atomic E-state index is 12.3. The van der Waals surface area contributed by atoms with Gasteiger partial charge < -0.3 is 0 Å². The van der Waals surface area contributed by atoms with E-state index in [0.29, 0.717) is 0 Å². The van der Waals surface area contributed by atoms with Crippen LogP contribution in [0.5, 0.6) is 5.75 Å². The minimum absolute atomic E-state index is 0.0109. The Morgan fingerprint density at radius 3 is 2.44 bits per heavy atom. The lowest BCUT2D eigenvalue weighted by atomic mass is 10.2. The van der Waals surface area contributed by atoms with Crippen molar-refractivity contribution in [3.8, 4) is 5.75 Å². The first kappa shape index (κ1) is 12.8. The number of carbonyl (C=O) groups is 1. The molecule has 1 rings (SSSR count). The molecule has 1 aromatic rings. The Hall–Kier alpha value is -1.24. The van der Waals surface area contributed by atoms with E-state index in [0.717, 1.165) is 25.1 Å². The molecule has 0 atom stereocenters. The van der Waals surface area contributed by atoms with Crippen molar-refractivity contribution in [2.75, 3.05) is 0 Å². The number of hydrogen-bond acceptors (Lipinski definition) is 3. The Morgan fingerprint density at radius 2 is 2.00 bits per heavy atom. The van der Waals surface area contributed by atoms with Crippen molar-refractivity contribution in [3.63, 3.8) is 0 Å². The standard InChI is InChI=1S/C9H6BrF3O3/c1-5(14)15-16-8-3-2-6(4-7(8)10)9(11,12)13/h2-4H,1H3. The molecule has 16 heavy (non-hydrogen) atoms. The van der Waals surface area contributed by atoms with Crippen LogP contribution >= 0.6 is 15.9 Å². The molecule has 0 unspecified atom stereocenters. The highest BCUT2D eigenvalue weighted by molar-refractivity contribution is 9.10. The molecule has 0 aliphatic carbocycles. The summed E-state index contributed by atoms with van der Waals surface area (Å²) in [5, 5.41) is 0. The van der Waals surface area contributed by atoms with E-state index in [1.54, 1.807) is 0 Å². The lowest BCUT2D eigenvalue weighted by Crippen LogP contribution is -2.06. The van der Waals surface area contributed by atoms with Crippen LogP contribution in [0.15, 0.2) is 22.7 Å². The molecule has 0 heterocycles. The quantitative estimate of drug-likeness (QED) is 0.621.